The zero-order chi connectivity index (χ0) is 10.8. The van der Waals surface area contributed by atoms with Crippen molar-refractivity contribution >= 4 is 21.7 Å². The summed E-state index contributed by atoms with van der Waals surface area (Å²) in [4.78, 5) is 11.8. The van der Waals surface area contributed by atoms with Crippen molar-refractivity contribution in [3.8, 4) is 0 Å². The van der Waals surface area contributed by atoms with E-state index in [0.29, 0.717) is 6.42 Å². The van der Waals surface area contributed by atoms with Crippen LogP contribution in [-0.4, -0.2) is 5.78 Å². The van der Waals surface area contributed by atoms with Gasteiger partial charge in [0.25, 0.3) is 0 Å². The Morgan fingerprint density at radius 1 is 1.53 bits per heavy atom. The van der Waals surface area contributed by atoms with Crippen molar-refractivity contribution in [3.05, 3.63) is 34.3 Å². The Kier molecular flexibility index (Phi) is 3.25. The molecule has 0 radical (unpaired) electrons. The third kappa shape index (κ3) is 2.91. The lowest BCUT2D eigenvalue weighted by atomic mass is 10.0. The van der Waals surface area contributed by atoms with Crippen LogP contribution < -0.4 is 0 Å². The topological polar surface area (TPSA) is 17.1 Å². The van der Waals surface area contributed by atoms with Crippen LogP contribution in [0.3, 0.4) is 0 Å². The first-order chi connectivity index (χ1) is 7.16. The molecule has 2 atom stereocenters. The predicted molar refractivity (Wildman–Crippen MR) is 65.0 cm³/mol. The standard InChI is InChI=1S/C13H15BrO/c1-9-7-10(9)5-6-13(15)11-3-2-4-12(14)8-11/h2-4,8-10H,5-7H2,1H3. The van der Waals surface area contributed by atoms with Crippen molar-refractivity contribution in [3.63, 3.8) is 0 Å². The fourth-order valence-corrected chi connectivity index (χ4v) is 2.32. The Morgan fingerprint density at radius 3 is 2.87 bits per heavy atom. The Bertz CT molecular complexity index is 373. The van der Waals surface area contributed by atoms with E-state index in [4.69, 9.17) is 0 Å². The van der Waals surface area contributed by atoms with Gasteiger partial charge in [-0.05, 0) is 36.8 Å². The largest absolute Gasteiger partial charge is 0.294 e. The summed E-state index contributed by atoms with van der Waals surface area (Å²) >= 11 is 3.38. The molecule has 1 nitrogen and oxygen atoms in total. The number of carbonyl (C=O) groups is 1. The average molecular weight is 267 g/mol. The van der Waals surface area contributed by atoms with E-state index in [1.807, 2.05) is 24.3 Å². The van der Waals surface area contributed by atoms with Crippen LogP contribution in [0.2, 0.25) is 0 Å². The van der Waals surface area contributed by atoms with Crippen molar-refractivity contribution in [2.24, 2.45) is 11.8 Å². The number of rotatable bonds is 4. The van der Waals surface area contributed by atoms with Crippen molar-refractivity contribution in [2.45, 2.75) is 26.2 Å². The van der Waals surface area contributed by atoms with Gasteiger partial charge in [0, 0.05) is 16.5 Å². The van der Waals surface area contributed by atoms with E-state index >= 15 is 0 Å². The van der Waals surface area contributed by atoms with Crippen molar-refractivity contribution < 1.29 is 4.79 Å². The van der Waals surface area contributed by atoms with E-state index in [9.17, 15) is 4.79 Å². The normalized spacial score (nSPS) is 23.9. The molecule has 1 aliphatic carbocycles. The molecule has 2 unspecified atom stereocenters. The summed E-state index contributed by atoms with van der Waals surface area (Å²) in [5, 5.41) is 0. The molecular formula is C13H15BrO. The second-order valence-corrected chi connectivity index (χ2v) is 5.36. The van der Waals surface area contributed by atoms with Gasteiger partial charge in [-0.25, -0.2) is 0 Å². The lowest BCUT2D eigenvalue weighted by Gasteiger charge is -2.01. The van der Waals surface area contributed by atoms with E-state index in [1.165, 1.54) is 6.42 Å². The molecule has 1 aromatic carbocycles. The minimum atomic E-state index is 0.274. The molecule has 0 spiro atoms. The van der Waals surface area contributed by atoms with Crippen LogP contribution in [0.4, 0.5) is 0 Å². The monoisotopic (exact) mass is 266 g/mol. The molecular weight excluding hydrogens is 252 g/mol. The van der Waals surface area contributed by atoms with Crippen LogP contribution in [0, 0.1) is 11.8 Å². The summed E-state index contributed by atoms with van der Waals surface area (Å²) in [6.07, 6.45) is 3.07. The lowest BCUT2D eigenvalue weighted by molar-refractivity contribution is 0.0977. The second-order valence-electron chi connectivity index (χ2n) is 4.45. The highest BCUT2D eigenvalue weighted by molar-refractivity contribution is 9.10. The number of hydrogen-bond acceptors (Lipinski definition) is 1. The van der Waals surface area contributed by atoms with Gasteiger partial charge in [0.15, 0.2) is 5.78 Å². The fraction of sp³-hybridized carbons (Fsp3) is 0.462. The third-order valence-electron chi connectivity index (χ3n) is 3.16. The smallest absolute Gasteiger partial charge is 0.162 e. The Morgan fingerprint density at radius 2 is 2.27 bits per heavy atom. The first-order valence-electron chi connectivity index (χ1n) is 5.45. The number of benzene rings is 1. The van der Waals surface area contributed by atoms with E-state index < -0.39 is 0 Å². The van der Waals surface area contributed by atoms with Crippen LogP contribution >= 0.6 is 15.9 Å². The molecule has 1 aromatic rings. The Balaban J connectivity index is 1.90. The molecule has 15 heavy (non-hydrogen) atoms. The van der Waals surface area contributed by atoms with Gasteiger partial charge < -0.3 is 0 Å². The SMILES string of the molecule is CC1CC1CCC(=O)c1cccc(Br)c1. The van der Waals surface area contributed by atoms with Gasteiger partial charge in [-0.15, -0.1) is 0 Å². The summed E-state index contributed by atoms with van der Waals surface area (Å²) in [7, 11) is 0. The Hall–Kier alpha value is -0.630. The molecule has 1 saturated carbocycles. The molecule has 0 amide bonds. The number of carbonyl (C=O) groups excluding carboxylic acids is 1. The highest BCUT2D eigenvalue weighted by atomic mass is 79.9. The summed E-state index contributed by atoms with van der Waals surface area (Å²) in [5.41, 5.74) is 0.831. The van der Waals surface area contributed by atoms with E-state index in [2.05, 4.69) is 22.9 Å². The van der Waals surface area contributed by atoms with Crippen LogP contribution in [0.5, 0.6) is 0 Å². The highest BCUT2D eigenvalue weighted by Crippen LogP contribution is 2.41. The lowest BCUT2D eigenvalue weighted by Crippen LogP contribution is -1.99. The van der Waals surface area contributed by atoms with Crippen molar-refractivity contribution in [1.82, 2.24) is 0 Å². The summed E-state index contributed by atoms with van der Waals surface area (Å²) in [6, 6.07) is 7.65. The molecule has 0 aliphatic heterocycles. The molecule has 80 valence electrons. The van der Waals surface area contributed by atoms with E-state index in [-0.39, 0.29) is 5.78 Å². The van der Waals surface area contributed by atoms with E-state index in [0.717, 1.165) is 28.3 Å². The third-order valence-corrected chi connectivity index (χ3v) is 3.66. The molecule has 1 fully saturated rings. The van der Waals surface area contributed by atoms with Gasteiger partial charge in [0.2, 0.25) is 0 Å². The Labute approximate surface area is 99.0 Å². The molecule has 0 saturated heterocycles. The van der Waals surface area contributed by atoms with Crippen molar-refractivity contribution in [2.75, 3.05) is 0 Å². The predicted octanol–water partition coefficient (Wildman–Crippen LogP) is 4.07. The number of ketones is 1. The van der Waals surface area contributed by atoms with Crippen molar-refractivity contribution in [1.29, 1.82) is 0 Å². The van der Waals surface area contributed by atoms with Gasteiger partial charge in [0.05, 0.1) is 0 Å². The van der Waals surface area contributed by atoms with Crippen LogP contribution in [-0.2, 0) is 0 Å². The molecule has 2 heteroatoms. The summed E-state index contributed by atoms with van der Waals surface area (Å²) < 4.78 is 0.980. The number of hydrogen-bond donors (Lipinski definition) is 0. The van der Waals surface area contributed by atoms with Gasteiger partial charge in [0.1, 0.15) is 0 Å². The average Bonchev–Trinajstić information content (AvgIpc) is 2.91. The minimum absolute atomic E-state index is 0.274. The molecule has 0 bridgehead atoms. The van der Waals surface area contributed by atoms with Crippen LogP contribution in [0.25, 0.3) is 0 Å². The highest BCUT2D eigenvalue weighted by Gasteiger charge is 2.32. The molecule has 0 heterocycles. The maximum absolute atomic E-state index is 11.8. The van der Waals surface area contributed by atoms with Crippen LogP contribution in [0.1, 0.15) is 36.5 Å². The summed E-state index contributed by atoms with van der Waals surface area (Å²) in [5.74, 6) is 1.93. The quantitative estimate of drug-likeness (QED) is 0.751. The minimum Gasteiger partial charge on any atom is -0.294 e. The number of Topliss-reactive ketones (excluding diaryl/α,β-unsaturated/α-hetero) is 1. The van der Waals surface area contributed by atoms with Gasteiger partial charge in [-0.2, -0.15) is 0 Å². The molecule has 2 rings (SSSR count). The second kappa shape index (κ2) is 4.48. The van der Waals surface area contributed by atoms with Gasteiger partial charge in [-0.3, -0.25) is 4.79 Å². The zero-order valence-corrected chi connectivity index (χ0v) is 10.5. The van der Waals surface area contributed by atoms with Gasteiger partial charge >= 0.3 is 0 Å². The van der Waals surface area contributed by atoms with Gasteiger partial charge in [-0.1, -0.05) is 35.0 Å². The zero-order valence-electron chi connectivity index (χ0n) is 8.87. The molecule has 0 N–H and O–H groups in total. The van der Waals surface area contributed by atoms with E-state index in [1.54, 1.807) is 0 Å². The fourth-order valence-electron chi connectivity index (χ4n) is 1.92. The first-order valence-corrected chi connectivity index (χ1v) is 6.25. The van der Waals surface area contributed by atoms with Crippen LogP contribution in [0.15, 0.2) is 28.7 Å². The summed E-state index contributed by atoms with van der Waals surface area (Å²) in [6.45, 7) is 2.26. The first kappa shape index (κ1) is 10.9. The molecule has 0 aromatic heterocycles. The number of halogens is 1. The maximum atomic E-state index is 11.8. The maximum Gasteiger partial charge on any atom is 0.162 e. The molecule has 1 aliphatic rings.